The Hall–Kier alpha value is -2.93. The second-order valence-electron chi connectivity index (χ2n) is 10.1. The number of anilines is 1. The fraction of sp³-hybridized carbons (Fsp3) is 0.480. The minimum atomic E-state index is -0.690. The molecule has 0 aliphatic carbocycles. The smallest absolute Gasteiger partial charge is 0.327 e. The van der Waals surface area contributed by atoms with Crippen molar-refractivity contribution in [3.63, 3.8) is 0 Å². The molecule has 1 fully saturated rings. The first kappa shape index (κ1) is 23.7. The van der Waals surface area contributed by atoms with Crippen molar-refractivity contribution >= 4 is 17.5 Å². The lowest BCUT2D eigenvalue weighted by atomic mass is 9.79. The van der Waals surface area contributed by atoms with Gasteiger partial charge in [-0.3, -0.25) is 20.4 Å². The van der Waals surface area contributed by atoms with E-state index in [2.05, 4.69) is 61.3 Å². The first-order chi connectivity index (χ1) is 15.0. The van der Waals surface area contributed by atoms with Gasteiger partial charge in [0.15, 0.2) is 12.4 Å². The number of carbonyl (C=O) groups excluding carboxylic acids is 2. The molecule has 2 heterocycles. The van der Waals surface area contributed by atoms with Crippen LogP contribution in [0.4, 0.5) is 5.69 Å². The van der Waals surface area contributed by atoms with E-state index in [1.54, 1.807) is 0 Å². The molecular formula is C25H36N5O2+. The first-order valence-electron chi connectivity index (χ1n) is 11.2. The molecule has 0 radical (unpaired) electrons. The van der Waals surface area contributed by atoms with Gasteiger partial charge in [0.05, 0.1) is 5.69 Å². The van der Waals surface area contributed by atoms with E-state index in [0.29, 0.717) is 0 Å². The molecule has 1 aromatic heterocycles. The van der Waals surface area contributed by atoms with Crippen LogP contribution in [0.15, 0.2) is 48.8 Å². The van der Waals surface area contributed by atoms with Crippen molar-refractivity contribution < 1.29 is 14.2 Å². The topological polar surface area (TPSA) is 86.1 Å². The molecular weight excluding hydrogens is 402 g/mol. The number of aromatic nitrogens is 1. The van der Waals surface area contributed by atoms with Crippen LogP contribution in [-0.4, -0.2) is 28.9 Å². The number of hydrazine groups is 1. The number of pyridine rings is 1. The van der Waals surface area contributed by atoms with Gasteiger partial charge in [-0.15, -0.1) is 0 Å². The molecule has 1 aromatic carbocycles. The largest absolute Gasteiger partial charge is 0.345 e. The highest BCUT2D eigenvalue weighted by molar-refractivity contribution is 6.35. The summed E-state index contributed by atoms with van der Waals surface area (Å²) in [5.74, 6) is -1.31. The fourth-order valence-corrected chi connectivity index (χ4v) is 4.69. The number of nitrogens with one attached hydrogen (secondary N) is 4. The third-order valence-corrected chi connectivity index (χ3v) is 5.79. The predicted molar refractivity (Wildman–Crippen MR) is 126 cm³/mol. The predicted octanol–water partition coefficient (Wildman–Crippen LogP) is 2.16. The van der Waals surface area contributed by atoms with Crippen molar-refractivity contribution in [3.8, 4) is 0 Å². The minimum Gasteiger partial charge on any atom is -0.345 e. The van der Waals surface area contributed by atoms with Gasteiger partial charge in [-0.2, -0.15) is 0 Å². The molecule has 1 aliphatic rings. The van der Waals surface area contributed by atoms with Crippen LogP contribution >= 0.6 is 0 Å². The molecule has 32 heavy (non-hydrogen) atoms. The van der Waals surface area contributed by atoms with Crippen molar-refractivity contribution in [1.29, 1.82) is 0 Å². The average molecular weight is 439 g/mol. The van der Waals surface area contributed by atoms with E-state index in [0.717, 1.165) is 36.9 Å². The minimum absolute atomic E-state index is 0.0561. The number of aryl methyl sites for hydroxylation is 3. The zero-order chi connectivity index (χ0) is 23.4. The number of piperidine rings is 1. The zero-order valence-electron chi connectivity index (χ0n) is 19.8. The Bertz CT molecular complexity index is 937. The highest BCUT2D eigenvalue weighted by atomic mass is 16.2. The number of amides is 2. The van der Waals surface area contributed by atoms with Gasteiger partial charge < -0.3 is 10.6 Å². The van der Waals surface area contributed by atoms with Crippen molar-refractivity contribution in [3.05, 3.63) is 59.9 Å². The number of para-hydroxylation sites is 1. The van der Waals surface area contributed by atoms with Crippen molar-refractivity contribution in [2.24, 2.45) is 7.05 Å². The van der Waals surface area contributed by atoms with Crippen LogP contribution in [0.5, 0.6) is 0 Å². The number of rotatable bonds is 6. The lowest BCUT2D eigenvalue weighted by Gasteiger charge is -2.46. The summed E-state index contributed by atoms with van der Waals surface area (Å²) in [4.78, 5) is 24.9. The monoisotopic (exact) mass is 438 g/mol. The van der Waals surface area contributed by atoms with Crippen molar-refractivity contribution in [2.75, 3.05) is 5.43 Å². The second kappa shape index (κ2) is 9.69. The molecule has 172 valence electrons. The Morgan fingerprint density at radius 2 is 1.59 bits per heavy atom. The number of benzene rings is 1. The summed E-state index contributed by atoms with van der Waals surface area (Å²) in [6.45, 7) is 8.45. The van der Waals surface area contributed by atoms with E-state index >= 15 is 0 Å². The molecule has 4 N–H and O–H groups in total. The Kier molecular flexibility index (Phi) is 7.19. The van der Waals surface area contributed by atoms with E-state index in [-0.39, 0.29) is 17.1 Å². The molecule has 0 atom stereocenters. The van der Waals surface area contributed by atoms with Gasteiger partial charge in [0.25, 0.3) is 0 Å². The Morgan fingerprint density at radius 3 is 2.25 bits per heavy atom. The normalized spacial score (nSPS) is 17.4. The molecule has 2 aromatic rings. The van der Waals surface area contributed by atoms with Crippen LogP contribution in [0.2, 0.25) is 0 Å². The van der Waals surface area contributed by atoms with Gasteiger partial charge in [-0.05, 0) is 70.6 Å². The van der Waals surface area contributed by atoms with E-state index in [1.807, 2.05) is 48.3 Å². The van der Waals surface area contributed by atoms with Crippen LogP contribution in [0.25, 0.3) is 0 Å². The second-order valence-corrected chi connectivity index (χ2v) is 10.1. The summed E-state index contributed by atoms with van der Waals surface area (Å²) < 4.78 is 2.01. The SMILES string of the molecule is C[n+]1ccc(CCc2ccccc2NNC(=O)C(=O)NC2CC(C)(C)NC(C)(C)C2)cc1. The maximum Gasteiger partial charge on any atom is 0.327 e. The summed E-state index contributed by atoms with van der Waals surface area (Å²) in [5.41, 5.74) is 8.38. The molecule has 0 bridgehead atoms. The van der Waals surface area contributed by atoms with Gasteiger partial charge in [-0.25, -0.2) is 4.57 Å². The van der Waals surface area contributed by atoms with Gasteiger partial charge in [0, 0.05) is 29.3 Å². The Balaban J connectivity index is 1.54. The van der Waals surface area contributed by atoms with E-state index in [4.69, 9.17) is 0 Å². The van der Waals surface area contributed by atoms with Gasteiger partial charge in [0.1, 0.15) is 7.05 Å². The highest BCUT2D eigenvalue weighted by Gasteiger charge is 2.38. The quantitative estimate of drug-likeness (QED) is 0.316. The molecule has 7 heteroatoms. The van der Waals surface area contributed by atoms with Crippen molar-refractivity contribution in [1.82, 2.24) is 16.1 Å². The lowest BCUT2D eigenvalue weighted by molar-refractivity contribution is -0.671. The summed E-state index contributed by atoms with van der Waals surface area (Å²) in [6.07, 6.45) is 7.30. The fourth-order valence-electron chi connectivity index (χ4n) is 4.69. The molecule has 0 saturated carbocycles. The van der Waals surface area contributed by atoms with Gasteiger partial charge in [-0.1, -0.05) is 18.2 Å². The Labute approximate surface area is 191 Å². The van der Waals surface area contributed by atoms with E-state index in [9.17, 15) is 9.59 Å². The standard InChI is InChI=1S/C25H35N5O2/c1-24(2)16-20(17-25(3,4)29-24)26-22(31)23(32)28-27-21-9-7-6-8-19(21)11-10-18-12-14-30(5)15-13-18/h6-9,12-15,20,29H,10-11,16-17H2,1-5H3,(H2-,26,27,28,31,32)/p+1. The van der Waals surface area contributed by atoms with Crippen LogP contribution in [0, 0.1) is 0 Å². The number of nitrogens with zero attached hydrogens (tertiary/aromatic N) is 1. The molecule has 0 spiro atoms. The van der Waals surface area contributed by atoms with Gasteiger partial charge >= 0.3 is 11.8 Å². The molecule has 1 saturated heterocycles. The average Bonchev–Trinajstić information content (AvgIpc) is 2.69. The third-order valence-electron chi connectivity index (χ3n) is 5.79. The number of hydrogen-bond acceptors (Lipinski definition) is 4. The third kappa shape index (κ3) is 6.79. The molecule has 7 nitrogen and oxygen atoms in total. The van der Waals surface area contributed by atoms with Crippen molar-refractivity contribution in [2.45, 2.75) is 70.5 Å². The maximum absolute atomic E-state index is 12.5. The van der Waals surface area contributed by atoms with Crippen LogP contribution in [0.3, 0.4) is 0 Å². The van der Waals surface area contributed by atoms with Crippen LogP contribution in [-0.2, 0) is 29.5 Å². The number of hydrogen-bond donors (Lipinski definition) is 4. The van der Waals surface area contributed by atoms with E-state index < -0.39 is 11.8 Å². The molecule has 0 unspecified atom stereocenters. The summed E-state index contributed by atoms with van der Waals surface area (Å²) in [6, 6.07) is 11.9. The summed E-state index contributed by atoms with van der Waals surface area (Å²) in [7, 11) is 1.99. The summed E-state index contributed by atoms with van der Waals surface area (Å²) >= 11 is 0. The maximum atomic E-state index is 12.5. The molecule has 1 aliphatic heterocycles. The molecule has 2 amide bonds. The molecule has 3 rings (SSSR count). The number of carbonyl (C=O) groups is 2. The zero-order valence-corrected chi connectivity index (χ0v) is 19.8. The summed E-state index contributed by atoms with van der Waals surface area (Å²) in [5, 5.41) is 6.48. The Morgan fingerprint density at radius 1 is 0.969 bits per heavy atom. The first-order valence-corrected chi connectivity index (χ1v) is 11.2. The van der Waals surface area contributed by atoms with Crippen LogP contribution in [0.1, 0.15) is 51.7 Å². The highest BCUT2D eigenvalue weighted by Crippen LogP contribution is 2.28. The van der Waals surface area contributed by atoms with E-state index in [1.165, 1.54) is 5.56 Å². The van der Waals surface area contributed by atoms with Gasteiger partial charge in [0.2, 0.25) is 0 Å². The van der Waals surface area contributed by atoms with Crippen LogP contribution < -0.4 is 26.1 Å². The lowest BCUT2D eigenvalue weighted by Crippen LogP contribution is -2.63.